The Kier molecular flexibility index (Phi) is 18.0. The van der Waals surface area contributed by atoms with Crippen molar-refractivity contribution in [2.24, 2.45) is 29.6 Å². The van der Waals surface area contributed by atoms with Gasteiger partial charge in [0.05, 0.1) is 24.7 Å². The summed E-state index contributed by atoms with van der Waals surface area (Å²) < 4.78 is 140. The number of carbonyl (C=O) groups is 6. The van der Waals surface area contributed by atoms with Crippen LogP contribution in [0.1, 0.15) is 124 Å². The van der Waals surface area contributed by atoms with E-state index in [0.29, 0.717) is 75.5 Å². The number of hydrogen-bond donors (Lipinski definition) is 0. The van der Waals surface area contributed by atoms with E-state index < -0.39 is 122 Å². The third kappa shape index (κ3) is 14.7. The van der Waals surface area contributed by atoms with E-state index in [1.807, 2.05) is 0 Å². The minimum atomic E-state index is -4.61. The van der Waals surface area contributed by atoms with Gasteiger partial charge in [-0.2, -0.15) is 35.1 Å². The first-order valence-corrected chi connectivity index (χ1v) is 20.5. The molecule has 5 saturated carbocycles. The lowest BCUT2D eigenvalue weighted by molar-refractivity contribution is -0.220. The average Bonchev–Trinajstić information content (AvgIpc) is 3.16. The van der Waals surface area contributed by atoms with Gasteiger partial charge in [0.2, 0.25) is 0 Å². The van der Waals surface area contributed by atoms with Crippen LogP contribution in [0.4, 0.5) is 35.1 Å². The molecule has 2 unspecified atom stereocenters. The predicted octanol–water partition coefficient (Wildman–Crippen LogP) is 7.95. The number of esters is 6. The molecular weight excluding hydrogens is 824 g/mol. The van der Waals surface area contributed by atoms with Gasteiger partial charge in [-0.3, -0.25) is 9.59 Å². The molecular formula is C40H56F8O12. The Morgan fingerprint density at radius 1 is 0.533 bits per heavy atom. The highest BCUT2D eigenvalue weighted by atomic mass is 19.3. The Hall–Kier alpha value is -3.74. The highest BCUT2D eigenvalue weighted by Crippen LogP contribution is 2.57. The fourth-order valence-electron chi connectivity index (χ4n) is 8.08. The molecule has 0 aromatic rings. The van der Waals surface area contributed by atoms with Crippen LogP contribution in [0.3, 0.4) is 0 Å². The highest BCUT2D eigenvalue weighted by Gasteiger charge is 2.59. The fourth-order valence-corrected chi connectivity index (χ4v) is 8.08. The molecule has 4 bridgehead atoms. The summed E-state index contributed by atoms with van der Waals surface area (Å²) in [6.07, 6.45) is 3.09. The van der Waals surface area contributed by atoms with E-state index in [4.69, 9.17) is 14.2 Å². The Labute approximate surface area is 343 Å². The Morgan fingerprint density at radius 3 is 1.27 bits per heavy atom. The molecule has 0 amide bonds. The second-order valence-corrected chi connectivity index (χ2v) is 16.6. The van der Waals surface area contributed by atoms with Crippen molar-refractivity contribution in [1.82, 2.24) is 0 Å². The van der Waals surface area contributed by atoms with Crippen molar-refractivity contribution in [2.45, 2.75) is 159 Å². The normalized spacial score (nSPS) is 23.9. The summed E-state index contributed by atoms with van der Waals surface area (Å²) in [7, 11) is 0. The summed E-state index contributed by atoms with van der Waals surface area (Å²) in [5.74, 6) is -27.9. The largest absolute Gasteiger partial charge is 0.462 e. The van der Waals surface area contributed by atoms with Gasteiger partial charge in [-0.1, -0.05) is 34.1 Å². The number of ether oxygens (including phenoxy) is 6. The Bertz CT molecular complexity index is 1460. The molecule has 0 aliphatic heterocycles. The van der Waals surface area contributed by atoms with Gasteiger partial charge in [-0.15, -0.1) is 0 Å². The van der Waals surface area contributed by atoms with E-state index in [1.54, 1.807) is 27.7 Å². The Balaban J connectivity index is 0.000000324. The van der Waals surface area contributed by atoms with Gasteiger partial charge in [0.25, 0.3) is 0 Å². The molecule has 0 aromatic heterocycles. The first kappa shape index (κ1) is 50.6. The summed E-state index contributed by atoms with van der Waals surface area (Å²) in [5.41, 5.74) is -1.01. The van der Waals surface area contributed by atoms with Crippen molar-refractivity contribution in [2.75, 3.05) is 26.4 Å². The molecule has 12 nitrogen and oxygen atoms in total. The lowest BCUT2D eigenvalue weighted by Crippen LogP contribution is -2.55. The molecule has 5 aliphatic rings. The molecule has 20 heteroatoms. The number of rotatable bonds is 20. The van der Waals surface area contributed by atoms with Crippen LogP contribution in [0.5, 0.6) is 0 Å². The van der Waals surface area contributed by atoms with E-state index in [-0.39, 0.29) is 0 Å². The van der Waals surface area contributed by atoms with E-state index in [0.717, 1.165) is 25.7 Å². The first-order chi connectivity index (χ1) is 27.8. The highest BCUT2D eigenvalue weighted by molar-refractivity contribution is 5.83. The molecule has 0 N–H and O–H groups in total. The predicted molar refractivity (Wildman–Crippen MR) is 192 cm³/mol. The summed E-state index contributed by atoms with van der Waals surface area (Å²) in [6, 6.07) is 0. The lowest BCUT2D eigenvalue weighted by atomic mass is 9.54. The molecule has 0 spiro atoms. The summed E-state index contributed by atoms with van der Waals surface area (Å²) in [5, 5.41) is 0. The van der Waals surface area contributed by atoms with Crippen LogP contribution in [-0.2, 0) is 57.2 Å². The second kappa shape index (κ2) is 21.4. The molecule has 5 fully saturated rings. The minimum Gasteiger partial charge on any atom is -0.462 e. The van der Waals surface area contributed by atoms with Gasteiger partial charge in [0, 0.05) is 0 Å². The molecule has 0 heterocycles. The van der Waals surface area contributed by atoms with Crippen LogP contribution in [0.25, 0.3) is 0 Å². The standard InChI is InChI=1S/C22H30F4O6.C18H26F4O6/c1-3-13(2)17(27)30-4-5-31-18(28)21(23,24)12-22(25,26)19(29)32-20-9-14-6-15(10-20)8-16(7-14)11-20;1-3-12(2)14(23)26-9-10-27-15(24)17(19,20)11-18(21,22)16(25)28-13-7-5-4-6-8-13/h13-16H,3-12H2,1-2H3;12-13H,3-11H2,1-2H3. The van der Waals surface area contributed by atoms with Crippen molar-refractivity contribution in [3.05, 3.63) is 0 Å². The maximum Gasteiger partial charge on any atom is 0.377 e. The maximum atomic E-state index is 14.3. The van der Waals surface area contributed by atoms with Crippen LogP contribution in [0.15, 0.2) is 0 Å². The average molecular weight is 881 g/mol. The third-order valence-corrected chi connectivity index (χ3v) is 11.4. The molecule has 5 rings (SSSR count). The van der Waals surface area contributed by atoms with Gasteiger partial charge in [0.1, 0.15) is 38.1 Å². The smallest absolute Gasteiger partial charge is 0.377 e. The fraction of sp³-hybridized carbons (Fsp3) is 0.850. The van der Waals surface area contributed by atoms with Gasteiger partial charge < -0.3 is 28.4 Å². The zero-order valence-electron chi connectivity index (χ0n) is 34.3. The van der Waals surface area contributed by atoms with Crippen molar-refractivity contribution < 1.29 is 92.3 Å². The molecule has 5 aliphatic carbocycles. The maximum absolute atomic E-state index is 14.3. The summed E-state index contributed by atoms with van der Waals surface area (Å²) >= 11 is 0. The SMILES string of the molecule is CCC(C)C(=O)OCCOC(=O)C(F)(F)CC(F)(F)C(=O)OC12CC3CC(CC(C3)C1)C2.CCC(C)C(=O)OCCOC(=O)C(F)(F)CC(F)(F)C(=O)OC1CCCCC1. The molecule has 344 valence electrons. The quantitative estimate of drug-likeness (QED) is 0.0504. The van der Waals surface area contributed by atoms with Crippen LogP contribution >= 0.6 is 0 Å². The zero-order chi connectivity index (χ0) is 45.1. The van der Waals surface area contributed by atoms with Crippen molar-refractivity contribution in [3.8, 4) is 0 Å². The molecule has 0 saturated heterocycles. The van der Waals surface area contributed by atoms with Crippen LogP contribution in [0.2, 0.25) is 0 Å². The zero-order valence-corrected chi connectivity index (χ0v) is 34.3. The topological polar surface area (TPSA) is 158 Å². The van der Waals surface area contributed by atoms with E-state index in [9.17, 15) is 63.9 Å². The van der Waals surface area contributed by atoms with Crippen molar-refractivity contribution >= 4 is 35.8 Å². The van der Waals surface area contributed by atoms with Gasteiger partial charge in [0.15, 0.2) is 0 Å². The summed E-state index contributed by atoms with van der Waals surface area (Å²) in [4.78, 5) is 69.6. The van der Waals surface area contributed by atoms with Crippen LogP contribution in [0, 0.1) is 29.6 Å². The molecule has 0 radical (unpaired) electrons. The minimum absolute atomic E-state index is 0.313. The van der Waals surface area contributed by atoms with Gasteiger partial charge in [-0.25, -0.2) is 19.2 Å². The second-order valence-electron chi connectivity index (χ2n) is 16.6. The van der Waals surface area contributed by atoms with Gasteiger partial charge >= 0.3 is 59.5 Å². The first-order valence-electron chi connectivity index (χ1n) is 20.5. The van der Waals surface area contributed by atoms with Crippen molar-refractivity contribution in [1.29, 1.82) is 0 Å². The Morgan fingerprint density at radius 2 is 0.883 bits per heavy atom. The number of hydrogen-bond acceptors (Lipinski definition) is 12. The number of alkyl halides is 8. The molecule has 0 aromatic carbocycles. The molecule has 60 heavy (non-hydrogen) atoms. The number of carbonyl (C=O) groups excluding carboxylic acids is 6. The lowest BCUT2D eigenvalue weighted by Gasteiger charge is -2.55. The van der Waals surface area contributed by atoms with Crippen molar-refractivity contribution in [3.63, 3.8) is 0 Å². The van der Waals surface area contributed by atoms with Gasteiger partial charge in [-0.05, 0) is 94.8 Å². The molecule has 2 atom stereocenters. The monoisotopic (exact) mass is 880 g/mol. The van der Waals surface area contributed by atoms with E-state index in [2.05, 4.69) is 14.2 Å². The number of halogens is 8. The third-order valence-electron chi connectivity index (χ3n) is 11.4. The van der Waals surface area contributed by atoms with E-state index >= 15 is 0 Å². The van der Waals surface area contributed by atoms with Crippen LogP contribution in [-0.4, -0.2) is 97.6 Å². The van der Waals surface area contributed by atoms with E-state index in [1.165, 1.54) is 0 Å². The van der Waals surface area contributed by atoms with Crippen LogP contribution < -0.4 is 0 Å². The summed E-state index contributed by atoms with van der Waals surface area (Å²) in [6.45, 7) is 4.31.